The second-order valence-electron chi connectivity index (χ2n) is 8.58. The molecule has 6 rings (SSSR count). The first-order chi connectivity index (χ1) is 11.3. The molecule has 4 fully saturated rings. The van der Waals surface area contributed by atoms with Gasteiger partial charge in [0.2, 0.25) is 0 Å². The van der Waals surface area contributed by atoms with Gasteiger partial charge in [0.15, 0.2) is 5.66 Å². The normalized spacial score (nSPS) is 45.2. The number of para-hydroxylation sites is 1. The van der Waals surface area contributed by atoms with Crippen molar-refractivity contribution in [1.29, 1.82) is 0 Å². The van der Waals surface area contributed by atoms with Gasteiger partial charge in [-0.25, -0.2) is 0 Å². The van der Waals surface area contributed by atoms with Gasteiger partial charge < -0.3 is 5.32 Å². The first-order valence-electron chi connectivity index (χ1n) is 8.81. The number of benzene rings is 1. The van der Waals surface area contributed by atoms with Crippen LogP contribution >= 0.6 is 0 Å². The second-order valence-corrected chi connectivity index (χ2v) is 8.58. The molecule has 1 spiro atoms. The standard InChI is InChI=1S/C19H23N3O2/c1-12(2)18-10-21-8-17(3,15(18)23)9-22(11-18)19(21)13-6-4-5-7-14(13)20-16(19)24/h4-7,12H,8-11H2,1-3H3,(H,20,24). The number of amides is 1. The molecule has 2 unspecified atom stereocenters. The van der Waals surface area contributed by atoms with E-state index >= 15 is 0 Å². The van der Waals surface area contributed by atoms with Crippen molar-refractivity contribution >= 4 is 17.4 Å². The predicted molar refractivity (Wildman–Crippen MR) is 90.3 cm³/mol. The number of rotatable bonds is 1. The van der Waals surface area contributed by atoms with Crippen LogP contribution < -0.4 is 5.32 Å². The van der Waals surface area contributed by atoms with Crippen molar-refractivity contribution in [3.8, 4) is 0 Å². The molecule has 0 aliphatic carbocycles. The van der Waals surface area contributed by atoms with Gasteiger partial charge in [0.05, 0.1) is 10.8 Å². The Hall–Kier alpha value is -1.72. The minimum Gasteiger partial charge on any atom is -0.323 e. The molecular formula is C19H23N3O2. The van der Waals surface area contributed by atoms with Crippen LogP contribution in [0.5, 0.6) is 0 Å². The van der Waals surface area contributed by atoms with Crippen LogP contribution in [0.15, 0.2) is 24.3 Å². The number of carbonyl (C=O) groups is 2. The zero-order valence-corrected chi connectivity index (χ0v) is 14.4. The fraction of sp³-hybridized carbons (Fsp3) is 0.579. The smallest absolute Gasteiger partial charge is 0.264 e. The third-order valence-electron chi connectivity index (χ3n) is 6.91. The van der Waals surface area contributed by atoms with Gasteiger partial charge in [-0.3, -0.25) is 19.4 Å². The topological polar surface area (TPSA) is 52.6 Å². The number of carbonyl (C=O) groups excluding carboxylic acids is 2. The summed E-state index contributed by atoms with van der Waals surface area (Å²) in [6, 6.07) is 7.99. The number of hydrogen-bond donors (Lipinski definition) is 1. The quantitative estimate of drug-likeness (QED) is 0.853. The summed E-state index contributed by atoms with van der Waals surface area (Å²) in [7, 11) is 0. The largest absolute Gasteiger partial charge is 0.323 e. The van der Waals surface area contributed by atoms with E-state index in [2.05, 4.69) is 42.0 Å². The molecule has 4 bridgehead atoms. The molecular weight excluding hydrogens is 302 g/mol. The van der Waals surface area contributed by atoms with E-state index in [0.29, 0.717) is 32.0 Å². The maximum absolute atomic E-state index is 13.2. The van der Waals surface area contributed by atoms with Crippen molar-refractivity contribution in [3.05, 3.63) is 29.8 Å². The molecule has 1 aromatic carbocycles. The molecule has 5 heterocycles. The van der Waals surface area contributed by atoms with E-state index in [1.54, 1.807) is 0 Å². The number of hydrogen-bond acceptors (Lipinski definition) is 4. The minimum absolute atomic E-state index is 0.0393. The van der Waals surface area contributed by atoms with Gasteiger partial charge in [-0.05, 0) is 12.0 Å². The third-order valence-corrected chi connectivity index (χ3v) is 6.91. The molecule has 1 amide bonds. The monoisotopic (exact) mass is 325 g/mol. The number of piperidine rings is 2. The predicted octanol–water partition coefficient (Wildman–Crippen LogP) is 1.65. The molecule has 0 saturated carbocycles. The van der Waals surface area contributed by atoms with Crippen molar-refractivity contribution in [2.24, 2.45) is 16.7 Å². The van der Waals surface area contributed by atoms with Crippen LogP contribution in [0, 0.1) is 16.7 Å². The highest BCUT2D eigenvalue weighted by Crippen LogP contribution is 2.59. The summed E-state index contributed by atoms with van der Waals surface area (Å²) >= 11 is 0. The summed E-state index contributed by atoms with van der Waals surface area (Å²) in [5.74, 6) is 0.712. The lowest BCUT2D eigenvalue weighted by Gasteiger charge is -2.69. The van der Waals surface area contributed by atoms with Crippen molar-refractivity contribution in [2.45, 2.75) is 26.4 Å². The van der Waals surface area contributed by atoms with Crippen LogP contribution in [0.3, 0.4) is 0 Å². The van der Waals surface area contributed by atoms with E-state index in [-0.39, 0.29) is 22.7 Å². The van der Waals surface area contributed by atoms with Crippen molar-refractivity contribution in [3.63, 3.8) is 0 Å². The molecule has 4 saturated heterocycles. The molecule has 5 nitrogen and oxygen atoms in total. The molecule has 0 aromatic heterocycles. The zero-order chi connectivity index (χ0) is 16.9. The summed E-state index contributed by atoms with van der Waals surface area (Å²) in [5.41, 5.74) is 0.502. The van der Waals surface area contributed by atoms with Crippen molar-refractivity contribution < 1.29 is 9.59 Å². The second kappa shape index (κ2) is 4.09. The van der Waals surface area contributed by atoms with Gasteiger partial charge in [-0.15, -0.1) is 0 Å². The number of nitrogens with zero attached hydrogens (tertiary/aromatic N) is 2. The lowest BCUT2D eigenvalue weighted by atomic mass is 9.55. The van der Waals surface area contributed by atoms with Crippen LogP contribution in [0.2, 0.25) is 0 Å². The summed E-state index contributed by atoms with van der Waals surface area (Å²) in [5, 5.41) is 3.07. The fourth-order valence-corrected chi connectivity index (χ4v) is 5.76. The Balaban J connectivity index is 1.72. The van der Waals surface area contributed by atoms with E-state index in [9.17, 15) is 9.59 Å². The lowest BCUT2D eigenvalue weighted by molar-refractivity contribution is -0.236. The number of anilines is 1. The summed E-state index contributed by atoms with van der Waals surface area (Å²) in [4.78, 5) is 30.9. The van der Waals surface area contributed by atoms with Gasteiger partial charge in [0.1, 0.15) is 5.78 Å². The average Bonchev–Trinajstić information content (AvgIpc) is 2.81. The van der Waals surface area contributed by atoms with E-state index in [0.717, 1.165) is 11.3 Å². The first-order valence-corrected chi connectivity index (χ1v) is 8.81. The summed E-state index contributed by atoms with van der Waals surface area (Å²) in [6.07, 6.45) is 0. The Kier molecular flexibility index (Phi) is 2.49. The summed E-state index contributed by atoms with van der Waals surface area (Å²) in [6.45, 7) is 9.06. The molecule has 5 aliphatic heterocycles. The number of Topliss-reactive ketones (excluding diaryl/α,β-unsaturated/α-hetero) is 1. The average molecular weight is 325 g/mol. The van der Waals surface area contributed by atoms with Crippen LogP contribution in [-0.2, 0) is 15.3 Å². The lowest BCUT2D eigenvalue weighted by Crippen LogP contribution is -2.84. The number of fused-ring (bicyclic) bond motifs is 1. The van der Waals surface area contributed by atoms with Crippen LogP contribution in [0.25, 0.3) is 0 Å². The molecule has 1 aromatic rings. The highest BCUT2D eigenvalue weighted by atomic mass is 16.2. The first kappa shape index (κ1) is 14.6. The SMILES string of the molecule is CC(C)C12CN3CC(C)(CN(C1)C31C(=O)Nc3ccccc31)C2=O. The van der Waals surface area contributed by atoms with E-state index in [1.807, 2.05) is 18.2 Å². The van der Waals surface area contributed by atoms with Gasteiger partial charge in [0, 0.05) is 37.4 Å². The van der Waals surface area contributed by atoms with Crippen molar-refractivity contribution in [1.82, 2.24) is 9.80 Å². The summed E-state index contributed by atoms with van der Waals surface area (Å²) < 4.78 is 0. The molecule has 5 aliphatic rings. The van der Waals surface area contributed by atoms with E-state index < -0.39 is 5.66 Å². The van der Waals surface area contributed by atoms with E-state index in [4.69, 9.17) is 0 Å². The molecule has 1 N–H and O–H groups in total. The minimum atomic E-state index is -0.727. The van der Waals surface area contributed by atoms with Gasteiger partial charge in [-0.2, -0.15) is 0 Å². The Morgan fingerprint density at radius 3 is 2.29 bits per heavy atom. The van der Waals surface area contributed by atoms with Crippen LogP contribution in [0.4, 0.5) is 5.69 Å². The van der Waals surface area contributed by atoms with Crippen molar-refractivity contribution in [2.75, 3.05) is 31.5 Å². The van der Waals surface area contributed by atoms with Gasteiger partial charge in [0.25, 0.3) is 5.91 Å². The Morgan fingerprint density at radius 1 is 1.04 bits per heavy atom. The zero-order valence-electron chi connectivity index (χ0n) is 14.4. The molecule has 5 heteroatoms. The highest BCUT2D eigenvalue weighted by Gasteiger charge is 2.72. The number of ketones is 1. The van der Waals surface area contributed by atoms with Crippen LogP contribution in [0.1, 0.15) is 26.3 Å². The maximum atomic E-state index is 13.2. The maximum Gasteiger partial charge on any atom is 0.264 e. The number of nitrogens with one attached hydrogen (secondary N) is 1. The van der Waals surface area contributed by atoms with Crippen LogP contribution in [-0.4, -0.2) is 47.7 Å². The van der Waals surface area contributed by atoms with Gasteiger partial charge in [-0.1, -0.05) is 39.0 Å². The molecule has 126 valence electrons. The Labute approximate surface area is 142 Å². The van der Waals surface area contributed by atoms with Gasteiger partial charge >= 0.3 is 0 Å². The highest BCUT2D eigenvalue weighted by molar-refractivity contribution is 6.07. The van der Waals surface area contributed by atoms with E-state index in [1.165, 1.54) is 0 Å². The Morgan fingerprint density at radius 2 is 1.67 bits per heavy atom. The fourth-order valence-electron chi connectivity index (χ4n) is 5.76. The molecule has 0 radical (unpaired) electrons. The molecule has 24 heavy (non-hydrogen) atoms. The Bertz CT molecular complexity index is 769. The third kappa shape index (κ3) is 1.33. The molecule has 2 atom stereocenters.